The fourth-order valence-corrected chi connectivity index (χ4v) is 3.08. The van der Waals surface area contributed by atoms with Gasteiger partial charge in [-0.25, -0.2) is 14.5 Å². The van der Waals surface area contributed by atoms with Gasteiger partial charge in [0.05, 0.1) is 5.69 Å². The van der Waals surface area contributed by atoms with Crippen LogP contribution in [-0.4, -0.2) is 26.5 Å². The lowest BCUT2D eigenvalue weighted by Crippen LogP contribution is -2.20. The van der Waals surface area contributed by atoms with Crippen molar-refractivity contribution in [3.63, 3.8) is 0 Å². The SMILES string of the molecule is CC(=C(C(=O)ON)C(=O)c1cc(C)cc(C)c1)c1ccc(-n2cncn2)cc1. The highest BCUT2D eigenvalue weighted by molar-refractivity contribution is 6.28. The van der Waals surface area contributed by atoms with Crippen molar-refractivity contribution in [2.24, 2.45) is 5.90 Å². The van der Waals surface area contributed by atoms with Gasteiger partial charge in [0.15, 0.2) is 0 Å². The molecule has 0 fully saturated rings. The molecule has 0 aliphatic carbocycles. The van der Waals surface area contributed by atoms with Crippen LogP contribution < -0.4 is 5.90 Å². The third-order valence-electron chi connectivity index (χ3n) is 4.38. The minimum absolute atomic E-state index is 0.0963. The standard InChI is InChI=1S/C21H20N4O3/c1-13-8-14(2)10-17(9-13)20(26)19(21(27)28-22)15(3)16-4-6-18(7-5-16)25-12-23-11-24-25/h4-12H,22H2,1-3H3. The van der Waals surface area contributed by atoms with Crippen molar-refractivity contribution in [2.75, 3.05) is 0 Å². The van der Waals surface area contributed by atoms with E-state index in [1.165, 1.54) is 6.33 Å². The number of allylic oxidation sites excluding steroid dienone is 1. The summed E-state index contributed by atoms with van der Waals surface area (Å²) in [5, 5.41) is 4.07. The molecule has 3 rings (SSSR count). The van der Waals surface area contributed by atoms with E-state index in [1.54, 1.807) is 42.2 Å². The summed E-state index contributed by atoms with van der Waals surface area (Å²) >= 11 is 0. The molecular formula is C21H20N4O3. The van der Waals surface area contributed by atoms with Gasteiger partial charge in [-0.05, 0) is 56.2 Å². The van der Waals surface area contributed by atoms with Gasteiger partial charge in [0, 0.05) is 5.56 Å². The second-order valence-electron chi connectivity index (χ2n) is 6.50. The van der Waals surface area contributed by atoms with Crippen LogP contribution in [0.15, 0.2) is 60.7 Å². The average molecular weight is 376 g/mol. The molecule has 0 spiro atoms. The molecule has 0 amide bonds. The zero-order valence-corrected chi connectivity index (χ0v) is 15.8. The van der Waals surface area contributed by atoms with Crippen molar-refractivity contribution < 1.29 is 14.4 Å². The topological polar surface area (TPSA) is 100 Å². The van der Waals surface area contributed by atoms with Crippen LogP contribution >= 0.6 is 0 Å². The minimum atomic E-state index is -0.873. The quantitative estimate of drug-likeness (QED) is 0.242. The Hall–Kier alpha value is -3.58. The molecule has 0 radical (unpaired) electrons. The molecule has 0 saturated heterocycles. The van der Waals surface area contributed by atoms with Gasteiger partial charge in [0.1, 0.15) is 18.2 Å². The molecule has 2 aromatic carbocycles. The fraction of sp³-hybridized carbons (Fsp3) is 0.143. The molecule has 1 aromatic heterocycles. The number of nitrogens with zero attached hydrogens (tertiary/aromatic N) is 3. The van der Waals surface area contributed by atoms with E-state index in [-0.39, 0.29) is 5.57 Å². The van der Waals surface area contributed by atoms with E-state index in [4.69, 9.17) is 5.90 Å². The molecule has 7 nitrogen and oxygen atoms in total. The average Bonchev–Trinajstić information content (AvgIpc) is 3.22. The first-order valence-corrected chi connectivity index (χ1v) is 8.61. The highest BCUT2D eigenvalue weighted by atomic mass is 16.7. The highest BCUT2D eigenvalue weighted by Crippen LogP contribution is 2.24. The maximum Gasteiger partial charge on any atom is 0.360 e. The van der Waals surface area contributed by atoms with Gasteiger partial charge >= 0.3 is 5.97 Å². The van der Waals surface area contributed by atoms with Crippen molar-refractivity contribution in [1.29, 1.82) is 0 Å². The maximum atomic E-state index is 13.1. The van der Waals surface area contributed by atoms with Crippen molar-refractivity contribution in [2.45, 2.75) is 20.8 Å². The van der Waals surface area contributed by atoms with Gasteiger partial charge in [0.25, 0.3) is 0 Å². The van der Waals surface area contributed by atoms with E-state index in [0.29, 0.717) is 16.7 Å². The zero-order valence-electron chi connectivity index (χ0n) is 15.8. The van der Waals surface area contributed by atoms with E-state index in [0.717, 1.165) is 16.8 Å². The summed E-state index contributed by atoms with van der Waals surface area (Å²) in [5.41, 5.74) is 4.15. The number of carbonyl (C=O) groups excluding carboxylic acids is 2. The number of Topliss-reactive ketones (excluding diaryl/α,β-unsaturated/α-hetero) is 1. The van der Waals surface area contributed by atoms with Crippen LogP contribution in [-0.2, 0) is 9.63 Å². The summed E-state index contributed by atoms with van der Waals surface area (Å²) < 4.78 is 1.61. The summed E-state index contributed by atoms with van der Waals surface area (Å²) in [5.74, 6) is 3.79. The highest BCUT2D eigenvalue weighted by Gasteiger charge is 2.25. The van der Waals surface area contributed by atoms with Crippen LogP contribution in [0.2, 0.25) is 0 Å². The molecule has 0 bridgehead atoms. The Morgan fingerprint density at radius 3 is 2.18 bits per heavy atom. The number of aryl methyl sites for hydroxylation is 2. The molecule has 1 heterocycles. The molecule has 2 N–H and O–H groups in total. The Labute approximate surface area is 162 Å². The van der Waals surface area contributed by atoms with Crippen LogP contribution in [0.4, 0.5) is 0 Å². The number of benzene rings is 2. The second-order valence-corrected chi connectivity index (χ2v) is 6.50. The summed E-state index contributed by atoms with van der Waals surface area (Å²) in [7, 11) is 0. The predicted octanol–water partition coefficient (Wildman–Crippen LogP) is 2.96. The van der Waals surface area contributed by atoms with Gasteiger partial charge in [-0.15, -0.1) is 0 Å². The molecule has 3 aromatic rings. The van der Waals surface area contributed by atoms with Crippen LogP contribution in [0.3, 0.4) is 0 Å². The van der Waals surface area contributed by atoms with Gasteiger partial charge < -0.3 is 4.84 Å². The second kappa shape index (κ2) is 7.98. The number of carbonyl (C=O) groups is 2. The first-order chi connectivity index (χ1) is 13.4. The maximum absolute atomic E-state index is 13.1. The lowest BCUT2D eigenvalue weighted by atomic mass is 9.93. The largest absolute Gasteiger partial charge is 0.370 e. The van der Waals surface area contributed by atoms with Gasteiger partial charge in [-0.1, -0.05) is 29.3 Å². The number of hydrogen-bond donors (Lipinski definition) is 1. The molecule has 28 heavy (non-hydrogen) atoms. The number of hydrogen-bond acceptors (Lipinski definition) is 6. The first-order valence-electron chi connectivity index (χ1n) is 8.61. The summed E-state index contributed by atoms with van der Waals surface area (Å²) in [6.07, 6.45) is 3.02. The summed E-state index contributed by atoms with van der Waals surface area (Å²) in [6.45, 7) is 5.48. The number of ketones is 1. The van der Waals surface area contributed by atoms with Gasteiger partial charge in [-0.2, -0.15) is 11.0 Å². The van der Waals surface area contributed by atoms with E-state index in [2.05, 4.69) is 14.9 Å². The molecule has 142 valence electrons. The number of aromatic nitrogens is 3. The Morgan fingerprint density at radius 1 is 1.00 bits per heavy atom. The minimum Gasteiger partial charge on any atom is -0.370 e. The smallest absolute Gasteiger partial charge is 0.360 e. The third-order valence-corrected chi connectivity index (χ3v) is 4.38. The molecule has 0 saturated carbocycles. The van der Waals surface area contributed by atoms with Crippen molar-refractivity contribution in [3.8, 4) is 5.69 Å². The lowest BCUT2D eigenvalue weighted by molar-refractivity contribution is -0.139. The van der Waals surface area contributed by atoms with Gasteiger partial charge in [0.2, 0.25) is 5.78 Å². The van der Waals surface area contributed by atoms with E-state index >= 15 is 0 Å². The van der Waals surface area contributed by atoms with Crippen molar-refractivity contribution >= 4 is 17.3 Å². The van der Waals surface area contributed by atoms with E-state index < -0.39 is 11.8 Å². The number of nitrogens with two attached hydrogens (primary N) is 1. The van der Waals surface area contributed by atoms with Gasteiger partial charge in [-0.3, -0.25) is 4.79 Å². The Bertz CT molecular complexity index is 1030. The molecule has 0 atom stereocenters. The normalized spacial score (nSPS) is 11.7. The Morgan fingerprint density at radius 2 is 1.64 bits per heavy atom. The van der Waals surface area contributed by atoms with Crippen LogP contribution in [0.25, 0.3) is 11.3 Å². The van der Waals surface area contributed by atoms with Crippen LogP contribution in [0.1, 0.15) is 34.0 Å². The first kappa shape index (κ1) is 19.2. The van der Waals surface area contributed by atoms with E-state index in [9.17, 15) is 9.59 Å². The number of rotatable bonds is 5. The third kappa shape index (κ3) is 3.89. The zero-order chi connectivity index (χ0) is 20.3. The van der Waals surface area contributed by atoms with Crippen molar-refractivity contribution in [1.82, 2.24) is 14.8 Å². The van der Waals surface area contributed by atoms with Crippen LogP contribution in [0, 0.1) is 13.8 Å². The predicted molar refractivity (Wildman–Crippen MR) is 104 cm³/mol. The monoisotopic (exact) mass is 376 g/mol. The molecule has 0 aliphatic heterocycles. The molecule has 0 aliphatic rings. The Balaban J connectivity index is 2.05. The molecule has 0 unspecified atom stereocenters. The van der Waals surface area contributed by atoms with Crippen molar-refractivity contribution in [3.05, 3.63) is 82.9 Å². The lowest BCUT2D eigenvalue weighted by Gasteiger charge is -2.11. The Kier molecular flexibility index (Phi) is 5.47. The summed E-state index contributed by atoms with van der Waals surface area (Å²) in [4.78, 5) is 33.7. The molecule has 7 heteroatoms. The summed E-state index contributed by atoms with van der Waals surface area (Å²) in [6, 6.07) is 12.7. The fourth-order valence-electron chi connectivity index (χ4n) is 3.08. The van der Waals surface area contributed by atoms with E-state index in [1.807, 2.05) is 32.0 Å². The van der Waals surface area contributed by atoms with Crippen LogP contribution in [0.5, 0.6) is 0 Å². The molecular weight excluding hydrogens is 356 g/mol.